The van der Waals surface area contributed by atoms with Gasteiger partial charge in [0.05, 0.1) is 14.2 Å². The molecule has 0 unspecified atom stereocenters. The van der Waals surface area contributed by atoms with Gasteiger partial charge in [0.1, 0.15) is 32.7 Å². The van der Waals surface area contributed by atoms with Gasteiger partial charge in [-0.05, 0) is 30.2 Å². The highest BCUT2D eigenvalue weighted by atomic mass is 16.5. The quantitative estimate of drug-likeness (QED) is 0.511. The maximum Gasteiger partial charge on any atom is 0.275 e. The van der Waals surface area contributed by atoms with Crippen molar-refractivity contribution in [2.45, 2.75) is 25.8 Å². The zero-order valence-electron chi connectivity index (χ0n) is 19.1. The minimum atomic E-state index is 0.160. The zero-order chi connectivity index (χ0) is 22.1. The Bertz CT molecular complexity index is 820. The van der Waals surface area contributed by atoms with Crippen molar-refractivity contribution in [1.82, 2.24) is 5.32 Å². The van der Waals surface area contributed by atoms with Crippen molar-refractivity contribution in [3.8, 4) is 11.5 Å². The standard InChI is InChI=1S/C25H35N3O3/c1-4-21(22-8-6-5-7-9-22)17-26-25(29)19-28-14-12-27(13-15-28)18-20-10-11-23(30-2)24(16-20)31-3/h5-11,16,21H,4,12-15,17-19H2,1-3H3,(H,26,29)/p+2/t21-/m1/s1. The van der Waals surface area contributed by atoms with E-state index in [1.165, 1.54) is 16.0 Å². The fourth-order valence-corrected chi connectivity index (χ4v) is 4.34. The molecule has 0 saturated carbocycles. The van der Waals surface area contributed by atoms with Gasteiger partial charge in [0.2, 0.25) is 0 Å². The molecular weight excluding hydrogens is 390 g/mol. The number of methoxy groups -OCH3 is 2. The summed E-state index contributed by atoms with van der Waals surface area (Å²) in [5, 5.41) is 3.16. The van der Waals surface area contributed by atoms with Crippen molar-refractivity contribution in [3.05, 3.63) is 59.7 Å². The fraction of sp³-hybridized carbons (Fsp3) is 0.480. The van der Waals surface area contributed by atoms with Gasteiger partial charge in [-0.2, -0.15) is 0 Å². The number of amides is 1. The first-order chi connectivity index (χ1) is 15.1. The van der Waals surface area contributed by atoms with Crippen LogP contribution >= 0.6 is 0 Å². The van der Waals surface area contributed by atoms with E-state index in [0.717, 1.165) is 50.6 Å². The van der Waals surface area contributed by atoms with Gasteiger partial charge in [0, 0.05) is 18.0 Å². The van der Waals surface area contributed by atoms with E-state index in [0.29, 0.717) is 19.0 Å². The van der Waals surface area contributed by atoms with Crippen molar-refractivity contribution in [2.24, 2.45) is 0 Å². The smallest absolute Gasteiger partial charge is 0.275 e. The Morgan fingerprint density at radius 1 is 0.968 bits per heavy atom. The molecule has 3 rings (SSSR count). The minimum absolute atomic E-state index is 0.160. The number of carbonyl (C=O) groups is 1. The number of piperazine rings is 1. The number of quaternary nitrogens is 2. The van der Waals surface area contributed by atoms with E-state index >= 15 is 0 Å². The third kappa shape index (κ3) is 6.71. The van der Waals surface area contributed by atoms with Crippen LogP contribution in [0.3, 0.4) is 0 Å². The molecule has 1 aliphatic heterocycles. The van der Waals surface area contributed by atoms with Crippen molar-refractivity contribution in [2.75, 3.05) is 53.5 Å². The van der Waals surface area contributed by atoms with Crippen LogP contribution in [0, 0.1) is 0 Å². The van der Waals surface area contributed by atoms with E-state index in [4.69, 9.17) is 9.47 Å². The zero-order valence-corrected chi connectivity index (χ0v) is 19.1. The molecule has 3 N–H and O–H groups in total. The predicted octanol–water partition coefficient (Wildman–Crippen LogP) is 0.297. The van der Waals surface area contributed by atoms with E-state index in [2.05, 4.69) is 48.6 Å². The summed E-state index contributed by atoms with van der Waals surface area (Å²) >= 11 is 0. The molecule has 1 saturated heterocycles. The summed E-state index contributed by atoms with van der Waals surface area (Å²) in [6.45, 7) is 8.59. The summed E-state index contributed by atoms with van der Waals surface area (Å²) in [7, 11) is 3.33. The maximum atomic E-state index is 12.5. The van der Waals surface area contributed by atoms with E-state index in [1.54, 1.807) is 19.1 Å². The van der Waals surface area contributed by atoms with Crippen molar-refractivity contribution in [1.29, 1.82) is 0 Å². The molecule has 1 fully saturated rings. The highest BCUT2D eigenvalue weighted by Gasteiger charge is 2.25. The van der Waals surface area contributed by atoms with E-state index in [9.17, 15) is 4.79 Å². The van der Waals surface area contributed by atoms with Gasteiger partial charge in [-0.25, -0.2) is 0 Å². The Balaban J connectivity index is 1.41. The minimum Gasteiger partial charge on any atom is -0.493 e. The molecule has 0 aromatic heterocycles. The van der Waals surface area contributed by atoms with Crippen LogP contribution in [0.4, 0.5) is 0 Å². The van der Waals surface area contributed by atoms with Crippen LogP contribution in [0.25, 0.3) is 0 Å². The summed E-state index contributed by atoms with van der Waals surface area (Å²) in [5.41, 5.74) is 2.55. The molecule has 1 aliphatic rings. The molecule has 0 spiro atoms. The van der Waals surface area contributed by atoms with E-state index in [-0.39, 0.29) is 5.91 Å². The largest absolute Gasteiger partial charge is 0.493 e. The van der Waals surface area contributed by atoms with E-state index in [1.807, 2.05) is 12.1 Å². The van der Waals surface area contributed by atoms with Gasteiger partial charge in [0.25, 0.3) is 5.91 Å². The van der Waals surface area contributed by atoms with Gasteiger partial charge in [-0.3, -0.25) is 4.79 Å². The van der Waals surface area contributed by atoms with Crippen LogP contribution < -0.4 is 24.6 Å². The van der Waals surface area contributed by atoms with E-state index < -0.39 is 0 Å². The maximum absolute atomic E-state index is 12.5. The third-order valence-corrected chi connectivity index (χ3v) is 6.29. The van der Waals surface area contributed by atoms with Gasteiger partial charge >= 0.3 is 0 Å². The van der Waals surface area contributed by atoms with Gasteiger partial charge < -0.3 is 24.6 Å². The molecule has 1 amide bonds. The predicted molar refractivity (Wildman–Crippen MR) is 122 cm³/mol. The van der Waals surface area contributed by atoms with Crippen LogP contribution in [0.5, 0.6) is 11.5 Å². The molecule has 1 heterocycles. The molecule has 2 aromatic carbocycles. The summed E-state index contributed by atoms with van der Waals surface area (Å²) in [5.74, 6) is 2.08. The topological polar surface area (TPSA) is 56.4 Å². The number of carbonyl (C=O) groups excluding carboxylic acids is 1. The molecule has 168 valence electrons. The molecule has 1 atom stereocenters. The van der Waals surface area contributed by atoms with Crippen molar-refractivity contribution < 1.29 is 24.1 Å². The highest BCUT2D eigenvalue weighted by Crippen LogP contribution is 2.27. The summed E-state index contributed by atoms with van der Waals surface area (Å²) < 4.78 is 10.7. The summed E-state index contributed by atoms with van der Waals surface area (Å²) in [4.78, 5) is 15.4. The molecule has 31 heavy (non-hydrogen) atoms. The Labute approximate surface area is 186 Å². The lowest BCUT2D eigenvalue weighted by atomic mass is 9.96. The number of rotatable bonds is 10. The summed E-state index contributed by atoms with van der Waals surface area (Å²) in [6.07, 6.45) is 1.02. The second-order valence-corrected chi connectivity index (χ2v) is 8.36. The molecule has 0 aliphatic carbocycles. The lowest BCUT2D eigenvalue weighted by Crippen LogP contribution is -3.28. The fourth-order valence-electron chi connectivity index (χ4n) is 4.34. The molecule has 0 radical (unpaired) electrons. The third-order valence-electron chi connectivity index (χ3n) is 6.29. The molecule has 6 heteroatoms. The Kier molecular flexibility index (Phi) is 8.74. The van der Waals surface area contributed by atoms with Crippen LogP contribution in [-0.2, 0) is 11.3 Å². The first-order valence-electron chi connectivity index (χ1n) is 11.3. The second kappa shape index (κ2) is 11.7. The van der Waals surface area contributed by atoms with Gasteiger partial charge in [-0.1, -0.05) is 37.3 Å². The van der Waals surface area contributed by atoms with Crippen LogP contribution in [-0.4, -0.2) is 59.4 Å². The number of hydrogen-bond acceptors (Lipinski definition) is 3. The Morgan fingerprint density at radius 2 is 1.65 bits per heavy atom. The number of nitrogens with one attached hydrogen (secondary N) is 3. The summed E-state index contributed by atoms with van der Waals surface area (Å²) in [6, 6.07) is 16.6. The van der Waals surface area contributed by atoms with Gasteiger partial charge in [-0.15, -0.1) is 0 Å². The number of hydrogen-bond donors (Lipinski definition) is 3. The monoisotopic (exact) mass is 427 g/mol. The Hall–Kier alpha value is -2.57. The first-order valence-corrected chi connectivity index (χ1v) is 11.3. The SMILES string of the molecule is CC[C@H](CNC(=O)C[NH+]1CC[NH+](Cc2ccc(OC)c(OC)c2)CC1)c1ccccc1. The molecule has 6 nitrogen and oxygen atoms in total. The normalized spacial score (nSPS) is 19.5. The second-order valence-electron chi connectivity index (χ2n) is 8.36. The average Bonchev–Trinajstić information content (AvgIpc) is 2.81. The Morgan fingerprint density at radius 3 is 2.29 bits per heavy atom. The van der Waals surface area contributed by atoms with Crippen LogP contribution in [0.15, 0.2) is 48.5 Å². The number of ether oxygens (including phenoxy) is 2. The van der Waals surface area contributed by atoms with Crippen LogP contribution in [0.2, 0.25) is 0 Å². The molecule has 2 aromatic rings. The molecule has 0 bridgehead atoms. The lowest BCUT2D eigenvalue weighted by Gasteiger charge is -2.29. The van der Waals surface area contributed by atoms with Gasteiger partial charge in [0.15, 0.2) is 18.0 Å². The van der Waals surface area contributed by atoms with Crippen molar-refractivity contribution in [3.63, 3.8) is 0 Å². The average molecular weight is 428 g/mol. The lowest BCUT2D eigenvalue weighted by molar-refractivity contribution is -1.02. The first kappa shape index (κ1) is 23.1. The van der Waals surface area contributed by atoms with Crippen LogP contribution in [0.1, 0.15) is 30.4 Å². The molecular formula is C25H37N3O3+2. The highest BCUT2D eigenvalue weighted by molar-refractivity contribution is 5.76. The van der Waals surface area contributed by atoms with Crippen molar-refractivity contribution >= 4 is 5.91 Å². The number of benzene rings is 2.